The summed E-state index contributed by atoms with van der Waals surface area (Å²) in [4.78, 5) is 0. The Kier molecular flexibility index (Phi) is 3.45. The number of rotatable bonds is 3. The Morgan fingerprint density at radius 3 is 2.29 bits per heavy atom. The summed E-state index contributed by atoms with van der Waals surface area (Å²) in [7, 11) is 0. The summed E-state index contributed by atoms with van der Waals surface area (Å²) in [6.45, 7) is 2.00. The molecule has 0 bridgehead atoms. The third kappa shape index (κ3) is 2.48. The molecule has 2 rings (SSSR count). The van der Waals surface area contributed by atoms with E-state index in [0.29, 0.717) is 0 Å². The normalized spacial score (nSPS) is 10.5. The number of aliphatic hydroxyl groups excluding tert-OH is 1. The van der Waals surface area contributed by atoms with Gasteiger partial charge < -0.3 is 10.8 Å². The van der Waals surface area contributed by atoms with Crippen molar-refractivity contribution in [3.8, 4) is 0 Å². The molecule has 0 aliphatic rings. The van der Waals surface area contributed by atoms with Gasteiger partial charge in [0.15, 0.2) is 0 Å². The van der Waals surface area contributed by atoms with Crippen LogP contribution in [0, 0.1) is 6.92 Å². The Morgan fingerprint density at radius 2 is 1.65 bits per heavy atom. The van der Waals surface area contributed by atoms with Gasteiger partial charge >= 0.3 is 0 Å². The van der Waals surface area contributed by atoms with Gasteiger partial charge in [-0.25, -0.2) is 0 Å². The number of nitrogen functional groups attached to an aromatic ring is 1. The first-order valence-corrected chi connectivity index (χ1v) is 5.74. The SMILES string of the molecule is Cc1c(CO)ccc(Cc2ccccc2)c1N. The second-order valence-electron chi connectivity index (χ2n) is 4.24. The summed E-state index contributed by atoms with van der Waals surface area (Å²) >= 11 is 0. The molecule has 3 N–H and O–H groups in total. The number of hydrogen-bond acceptors (Lipinski definition) is 2. The molecule has 88 valence electrons. The first kappa shape index (κ1) is 11.7. The summed E-state index contributed by atoms with van der Waals surface area (Å²) in [6.07, 6.45) is 0.833. The molecule has 2 heteroatoms. The Balaban J connectivity index is 2.32. The zero-order valence-corrected chi connectivity index (χ0v) is 9.98. The maximum atomic E-state index is 9.17. The van der Waals surface area contributed by atoms with E-state index in [2.05, 4.69) is 12.1 Å². The summed E-state index contributed by atoms with van der Waals surface area (Å²) < 4.78 is 0. The highest BCUT2D eigenvalue weighted by Gasteiger charge is 2.06. The van der Waals surface area contributed by atoms with Crippen molar-refractivity contribution < 1.29 is 5.11 Å². The minimum Gasteiger partial charge on any atom is -0.398 e. The molecule has 2 aromatic carbocycles. The van der Waals surface area contributed by atoms with Crippen LogP contribution in [-0.2, 0) is 13.0 Å². The van der Waals surface area contributed by atoms with Gasteiger partial charge in [-0.2, -0.15) is 0 Å². The highest BCUT2D eigenvalue weighted by Crippen LogP contribution is 2.23. The summed E-state index contributed by atoms with van der Waals surface area (Å²) in [5.74, 6) is 0. The van der Waals surface area contributed by atoms with Crippen LogP contribution in [0.3, 0.4) is 0 Å². The van der Waals surface area contributed by atoms with Gasteiger partial charge in [-0.15, -0.1) is 0 Å². The quantitative estimate of drug-likeness (QED) is 0.792. The summed E-state index contributed by atoms with van der Waals surface area (Å²) in [6, 6.07) is 14.2. The molecule has 0 amide bonds. The lowest BCUT2D eigenvalue weighted by molar-refractivity contribution is 0.281. The number of hydrogen-bond donors (Lipinski definition) is 2. The van der Waals surface area contributed by atoms with Crippen LogP contribution in [0.15, 0.2) is 42.5 Å². The zero-order valence-electron chi connectivity index (χ0n) is 9.98. The van der Waals surface area contributed by atoms with Gasteiger partial charge in [-0.3, -0.25) is 0 Å². The number of anilines is 1. The fraction of sp³-hybridized carbons (Fsp3) is 0.200. The zero-order chi connectivity index (χ0) is 12.3. The van der Waals surface area contributed by atoms with Crippen molar-refractivity contribution in [3.05, 3.63) is 64.7 Å². The Hall–Kier alpha value is -1.80. The molecule has 0 saturated heterocycles. The van der Waals surface area contributed by atoms with Crippen molar-refractivity contribution in [3.63, 3.8) is 0 Å². The lowest BCUT2D eigenvalue weighted by Crippen LogP contribution is -2.01. The average molecular weight is 227 g/mol. The first-order valence-electron chi connectivity index (χ1n) is 5.74. The van der Waals surface area contributed by atoms with E-state index in [0.717, 1.165) is 28.8 Å². The Bertz CT molecular complexity index is 506. The standard InChI is InChI=1S/C15H17NO/c1-11-14(10-17)8-7-13(15(11)16)9-12-5-3-2-4-6-12/h2-8,17H,9-10,16H2,1H3. The van der Waals surface area contributed by atoms with E-state index in [1.807, 2.05) is 37.3 Å². The van der Waals surface area contributed by atoms with Gasteiger partial charge in [-0.1, -0.05) is 42.5 Å². The van der Waals surface area contributed by atoms with Gasteiger partial charge in [0, 0.05) is 5.69 Å². The van der Waals surface area contributed by atoms with E-state index in [9.17, 15) is 0 Å². The van der Waals surface area contributed by atoms with Crippen LogP contribution in [0.1, 0.15) is 22.3 Å². The van der Waals surface area contributed by atoms with E-state index in [1.54, 1.807) is 0 Å². The molecule has 0 spiro atoms. The lowest BCUT2D eigenvalue weighted by atomic mass is 9.97. The van der Waals surface area contributed by atoms with Crippen molar-refractivity contribution in [1.29, 1.82) is 0 Å². The van der Waals surface area contributed by atoms with Crippen LogP contribution in [0.2, 0.25) is 0 Å². The first-order chi connectivity index (χ1) is 8.22. The van der Waals surface area contributed by atoms with E-state index in [1.165, 1.54) is 5.56 Å². The minimum absolute atomic E-state index is 0.0433. The summed E-state index contributed by atoms with van der Waals surface area (Å²) in [5.41, 5.74) is 11.1. The number of nitrogens with two attached hydrogens (primary N) is 1. The molecule has 0 radical (unpaired) electrons. The van der Waals surface area contributed by atoms with Crippen LogP contribution >= 0.6 is 0 Å². The van der Waals surface area contributed by atoms with Crippen LogP contribution in [0.25, 0.3) is 0 Å². The molecule has 2 nitrogen and oxygen atoms in total. The molecule has 0 aliphatic carbocycles. The largest absolute Gasteiger partial charge is 0.398 e. The number of aliphatic hydroxyl groups is 1. The molecule has 2 aromatic rings. The van der Waals surface area contributed by atoms with Crippen molar-refractivity contribution in [2.75, 3.05) is 5.73 Å². The third-order valence-electron chi connectivity index (χ3n) is 3.13. The second kappa shape index (κ2) is 5.02. The van der Waals surface area contributed by atoms with Crippen LogP contribution in [0.4, 0.5) is 5.69 Å². The number of benzene rings is 2. The molecule has 0 heterocycles. The molecular formula is C15H17NO. The van der Waals surface area contributed by atoms with E-state index in [4.69, 9.17) is 10.8 Å². The second-order valence-corrected chi connectivity index (χ2v) is 4.24. The molecule has 0 unspecified atom stereocenters. The lowest BCUT2D eigenvalue weighted by Gasteiger charge is -2.12. The maximum absolute atomic E-state index is 9.17. The average Bonchev–Trinajstić information content (AvgIpc) is 2.37. The van der Waals surface area contributed by atoms with E-state index < -0.39 is 0 Å². The van der Waals surface area contributed by atoms with Crippen molar-refractivity contribution in [1.82, 2.24) is 0 Å². The third-order valence-corrected chi connectivity index (χ3v) is 3.13. The molecule has 0 saturated carbocycles. The van der Waals surface area contributed by atoms with Gasteiger partial charge in [0.25, 0.3) is 0 Å². The maximum Gasteiger partial charge on any atom is 0.0685 e. The molecule has 0 aliphatic heterocycles. The molecular weight excluding hydrogens is 210 g/mol. The Labute approximate surface area is 102 Å². The fourth-order valence-corrected chi connectivity index (χ4v) is 1.97. The van der Waals surface area contributed by atoms with Crippen molar-refractivity contribution >= 4 is 5.69 Å². The van der Waals surface area contributed by atoms with Gasteiger partial charge in [0.05, 0.1) is 6.61 Å². The van der Waals surface area contributed by atoms with E-state index >= 15 is 0 Å². The molecule has 17 heavy (non-hydrogen) atoms. The van der Waals surface area contributed by atoms with Gasteiger partial charge in [0.2, 0.25) is 0 Å². The van der Waals surface area contributed by atoms with E-state index in [-0.39, 0.29) is 6.61 Å². The highest BCUT2D eigenvalue weighted by molar-refractivity contribution is 5.57. The Morgan fingerprint density at radius 1 is 1.00 bits per heavy atom. The van der Waals surface area contributed by atoms with Crippen molar-refractivity contribution in [2.24, 2.45) is 0 Å². The smallest absolute Gasteiger partial charge is 0.0685 e. The minimum atomic E-state index is 0.0433. The predicted octanol–water partition coefficient (Wildman–Crippen LogP) is 2.66. The van der Waals surface area contributed by atoms with Gasteiger partial charge in [-0.05, 0) is 35.6 Å². The topological polar surface area (TPSA) is 46.2 Å². The fourth-order valence-electron chi connectivity index (χ4n) is 1.97. The molecule has 0 atom stereocenters. The summed E-state index contributed by atoms with van der Waals surface area (Å²) in [5, 5.41) is 9.17. The van der Waals surface area contributed by atoms with Gasteiger partial charge in [0.1, 0.15) is 0 Å². The van der Waals surface area contributed by atoms with Crippen LogP contribution in [0.5, 0.6) is 0 Å². The monoisotopic (exact) mass is 227 g/mol. The van der Waals surface area contributed by atoms with Crippen LogP contribution < -0.4 is 5.73 Å². The molecule has 0 fully saturated rings. The highest BCUT2D eigenvalue weighted by atomic mass is 16.3. The predicted molar refractivity (Wildman–Crippen MR) is 70.8 cm³/mol. The van der Waals surface area contributed by atoms with Crippen LogP contribution in [-0.4, -0.2) is 5.11 Å². The molecule has 0 aromatic heterocycles. The van der Waals surface area contributed by atoms with Crippen molar-refractivity contribution in [2.45, 2.75) is 20.0 Å².